The SMILES string of the molecule is CC(C)c1nc(C(=O)N2CCn3cccc3C2C)nn1-c1cccc(F)c1. The molecule has 0 radical (unpaired) electrons. The van der Waals surface area contributed by atoms with Gasteiger partial charge in [0.05, 0.1) is 11.7 Å². The molecule has 0 aliphatic carbocycles. The standard InChI is InChI=1S/C20H22FN5O/c1-13(2)19-22-18(23-26(19)16-7-4-6-15(21)12-16)20(27)25-11-10-24-9-5-8-17(24)14(25)3/h4-9,12-14H,10-11H2,1-3H3. The maximum Gasteiger partial charge on any atom is 0.294 e. The molecule has 0 N–H and O–H groups in total. The summed E-state index contributed by atoms with van der Waals surface area (Å²) in [6, 6.07) is 10.1. The van der Waals surface area contributed by atoms with Gasteiger partial charge in [0.1, 0.15) is 11.6 Å². The lowest BCUT2D eigenvalue weighted by Gasteiger charge is -2.34. The van der Waals surface area contributed by atoms with Crippen molar-refractivity contribution in [3.8, 4) is 5.69 Å². The van der Waals surface area contributed by atoms with E-state index < -0.39 is 0 Å². The van der Waals surface area contributed by atoms with Crippen molar-refractivity contribution in [3.05, 3.63) is 65.8 Å². The molecule has 4 rings (SSSR count). The molecule has 1 amide bonds. The van der Waals surface area contributed by atoms with Crippen molar-refractivity contribution in [1.29, 1.82) is 0 Å². The number of fused-ring (bicyclic) bond motifs is 1. The van der Waals surface area contributed by atoms with E-state index in [9.17, 15) is 9.18 Å². The molecule has 0 spiro atoms. The fraction of sp³-hybridized carbons (Fsp3) is 0.350. The maximum absolute atomic E-state index is 13.7. The molecule has 3 heterocycles. The molecule has 27 heavy (non-hydrogen) atoms. The minimum absolute atomic E-state index is 0.0401. The monoisotopic (exact) mass is 367 g/mol. The molecular weight excluding hydrogens is 345 g/mol. The fourth-order valence-corrected chi connectivity index (χ4v) is 3.57. The van der Waals surface area contributed by atoms with E-state index in [0.29, 0.717) is 18.1 Å². The van der Waals surface area contributed by atoms with E-state index in [2.05, 4.69) is 14.6 Å². The Morgan fingerprint density at radius 1 is 1.22 bits per heavy atom. The summed E-state index contributed by atoms with van der Waals surface area (Å²) in [6.07, 6.45) is 2.03. The minimum Gasteiger partial charge on any atom is -0.348 e. The molecule has 140 valence electrons. The van der Waals surface area contributed by atoms with Crippen molar-refractivity contribution < 1.29 is 9.18 Å². The van der Waals surface area contributed by atoms with Gasteiger partial charge in [-0.3, -0.25) is 4.79 Å². The zero-order valence-corrected chi connectivity index (χ0v) is 15.6. The lowest BCUT2D eigenvalue weighted by Crippen LogP contribution is -2.41. The zero-order valence-electron chi connectivity index (χ0n) is 15.6. The third-order valence-corrected chi connectivity index (χ3v) is 5.00. The van der Waals surface area contributed by atoms with Crippen LogP contribution in [-0.4, -0.2) is 36.7 Å². The van der Waals surface area contributed by atoms with Crippen molar-refractivity contribution in [3.63, 3.8) is 0 Å². The highest BCUT2D eigenvalue weighted by atomic mass is 19.1. The Kier molecular flexibility index (Phi) is 4.30. The van der Waals surface area contributed by atoms with Crippen LogP contribution in [0.2, 0.25) is 0 Å². The number of amides is 1. The molecule has 1 atom stereocenters. The van der Waals surface area contributed by atoms with Crippen LogP contribution in [0, 0.1) is 5.82 Å². The normalized spacial score (nSPS) is 16.6. The van der Waals surface area contributed by atoms with E-state index in [0.717, 1.165) is 12.2 Å². The van der Waals surface area contributed by atoms with E-state index in [1.807, 2.05) is 39.1 Å². The first-order valence-electron chi connectivity index (χ1n) is 9.14. The summed E-state index contributed by atoms with van der Waals surface area (Å²) in [7, 11) is 0. The first kappa shape index (κ1) is 17.5. The summed E-state index contributed by atoms with van der Waals surface area (Å²) in [6.45, 7) is 7.32. The van der Waals surface area contributed by atoms with Crippen LogP contribution >= 0.6 is 0 Å². The molecule has 1 aliphatic heterocycles. The zero-order chi connectivity index (χ0) is 19.1. The molecule has 6 nitrogen and oxygen atoms in total. The van der Waals surface area contributed by atoms with Gasteiger partial charge in [0.2, 0.25) is 5.82 Å². The first-order valence-corrected chi connectivity index (χ1v) is 9.14. The quantitative estimate of drug-likeness (QED) is 0.711. The van der Waals surface area contributed by atoms with Crippen LogP contribution in [0.3, 0.4) is 0 Å². The fourth-order valence-electron chi connectivity index (χ4n) is 3.57. The van der Waals surface area contributed by atoms with E-state index >= 15 is 0 Å². The van der Waals surface area contributed by atoms with Gasteiger partial charge in [-0.25, -0.2) is 14.1 Å². The van der Waals surface area contributed by atoms with E-state index in [1.165, 1.54) is 12.1 Å². The minimum atomic E-state index is -0.351. The summed E-state index contributed by atoms with van der Waals surface area (Å²) in [5.41, 5.74) is 1.66. The lowest BCUT2D eigenvalue weighted by molar-refractivity contribution is 0.0631. The maximum atomic E-state index is 13.7. The van der Waals surface area contributed by atoms with Crippen molar-refractivity contribution in [1.82, 2.24) is 24.2 Å². The molecular formula is C20H22FN5O. The lowest BCUT2D eigenvalue weighted by atomic mass is 10.1. The summed E-state index contributed by atoms with van der Waals surface area (Å²) >= 11 is 0. The summed E-state index contributed by atoms with van der Waals surface area (Å²) in [5, 5.41) is 4.44. The van der Waals surface area contributed by atoms with Crippen LogP contribution in [0.4, 0.5) is 4.39 Å². The predicted molar refractivity (Wildman–Crippen MR) is 99.3 cm³/mol. The highest BCUT2D eigenvalue weighted by Gasteiger charge is 2.31. The van der Waals surface area contributed by atoms with Crippen LogP contribution in [0.15, 0.2) is 42.6 Å². The van der Waals surface area contributed by atoms with Crippen LogP contribution in [-0.2, 0) is 6.54 Å². The highest BCUT2D eigenvalue weighted by Crippen LogP contribution is 2.27. The number of nitrogens with zero attached hydrogens (tertiary/aromatic N) is 5. The van der Waals surface area contributed by atoms with Crippen molar-refractivity contribution in [2.45, 2.75) is 39.3 Å². The molecule has 2 aromatic heterocycles. The second-order valence-electron chi connectivity index (χ2n) is 7.14. The molecule has 1 aliphatic rings. The van der Waals surface area contributed by atoms with Gasteiger partial charge in [-0.05, 0) is 37.3 Å². The van der Waals surface area contributed by atoms with Gasteiger partial charge in [-0.15, -0.1) is 5.10 Å². The largest absolute Gasteiger partial charge is 0.348 e. The number of halogens is 1. The van der Waals surface area contributed by atoms with Gasteiger partial charge in [0, 0.05) is 30.9 Å². The summed E-state index contributed by atoms with van der Waals surface area (Å²) < 4.78 is 17.4. The number of hydrogen-bond acceptors (Lipinski definition) is 3. The molecule has 3 aromatic rings. The van der Waals surface area contributed by atoms with E-state index in [1.54, 1.807) is 21.7 Å². The molecule has 0 saturated heterocycles. The Morgan fingerprint density at radius 3 is 2.78 bits per heavy atom. The van der Waals surface area contributed by atoms with Gasteiger partial charge in [-0.2, -0.15) is 0 Å². The third kappa shape index (κ3) is 3.03. The van der Waals surface area contributed by atoms with E-state index in [4.69, 9.17) is 0 Å². The molecule has 0 fully saturated rings. The predicted octanol–water partition coefficient (Wildman–Crippen LogP) is 3.55. The van der Waals surface area contributed by atoms with Gasteiger partial charge >= 0.3 is 0 Å². The number of rotatable bonds is 3. The molecule has 0 saturated carbocycles. The third-order valence-electron chi connectivity index (χ3n) is 5.00. The van der Waals surface area contributed by atoms with Crippen LogP contribution < -0.4 is 0 Å². The molecule has 1 unspecified atom stereocenters. The summed E-state index contributed by atoms with van der Waals surface area (Å²) in [4.78, 5) is 19.4. The smallest absolute Gasteiger partial charge is 0.294 e. The topological polar surface area (TPSA) is 56.0 Å². The number of carbonyl (C=O) groups is 1. The Labute approximate surface area is 157 Å². The Balaban J connectivity index is 1.70. The number of carbonyl (C=O) groups excluding carboxylic acids is 1. The molecule has 7 heteroatoms. The van der Waals surface area contributed by atoms with Gasteiger partial charge < -0.3 is 9.47 Å². The van der Waals surface area contributed by atoms with Gasteiger partial charge in [0.25, 0.3) is 5.91 Å². The number of benzene rings is 1. The van der Waals surface area contributed by atoms with Gasteiger partial charge in [0.15, 0.2) is 0 Å². The highest BCUT2D eigenvalue weighted by molar-refractivity contribution is 5.91. The number of hydrogen-bond donors (Lipinski definition) is 0. The average Bonchev–Trinajstić information content (AvgIpc) is 3.29. The van der Waals surface area contributed by atoms with E-state index in [-0.39, 0.29) is 29.5 Å². The Bertz CT molecular complexity index is 990. The molecule has 0 bridgehead atoms. The second kappa shape index (κ2) is 6.64. The van der Waals surface area contributed by atoms with Crippen molar-refractivity contribution in [2.75, 3.05) is 6.54 Å². The second-order valence-corrected chi connectivity index (χ2v) is 7.14. The van der Waals surface area contributed by atoms with Crippen LogP contribution in [0.5, 0.6) is 0 Å². The molecule has 1 aromatic carbocycles. The Morgan fingerprint density at radius 2 is 2.04 bits per heavy atom. The first-order chi connectivity index (χ1) is 13.0. The van der Waals surface area contributed by atoms with Gasteiger partial charge in [-0.1, -0.05) is 19.9 Å². The summed E-state index contributed by atoms with van der Waals surface area (Å²) in [5.74, 6) is 0.271. The number of aromatic nitrogens is 4. The van der Waals surface area contributed by atoms with Crippen molar-refractivity contribution in [2.24, 2.45) is 0 Å². The average molecular weight is 367 g/mol. The van der Waals surface area contributed by atoms with Crippen LogP contribution in [0.1, 0.15) is 54.9 Å². The van der Waals surface area contributed by atoms with Crippen LogP contribution in [0.25, 0.3) is 5.69 Å². The Hall–Kier alpha value is -2.96. The van der Waals surface area contributed by atoms with Crippen molar-refractivity contribution >= 4 is 5.91 Å².